The van der Waals surface area contributed by atoms with Gasteiger partial charge in [-0.1, -0.05) is 307 Å². The molecule has 0 atom stereocenters. The molecule has 704 valence electrons. The van der Waals surface area contributed by atoms with E-state index in [4.69, 9.17) is 22.1 Å². The van der Waals surface area contributed by atoms with Crippen LogP contribution in [-0.2, 0) is 0 Å². The summed E-state index contributed by atoms with van der Waals surface area (Å²) in [6, 6.07) is 164. The first-order valence-corrected chi connectivity index (χ1v) is 53.8. The Morgan fingerprint density at radius 2 is 0.572 bits per heavy atom. The smallest absolute Gasteiger partial charge is 0.158 e. The van der Waals surface area contributed by atoms with E-state index in [2.05, 4.69) is 427 Å². The Labute approximate surface area is 853 Å². The summed E-state index contributed by atoms with van der Waals surface area (Å²) in [5.74, 6) is 0. The maximum Gasteiger partial charge on any atom is 0.158 e. The molecule has 5 heterocycles. The molecule has 11 heteroatoms. The first-order chi connectivity index (χ1) is 71.7. The van der Waals surface area contributed by atoms with Crippen LogP contribution in [0.25, 0.3) is 186 Å². The number of para-hydroxylation sites is 7. The number of hydrogen-bond donors (Lipinski definition) is 4. The standard InChI is InChI=1S/2C28H19NO.C22H15NO.C22H14NO.C22H15NO.C8H18.C4H9.Sn/c1-3-9-19(10-4-1)22-16-25-24-15-20-11-7-8-12-21(20)18-27(24)30-28(25)26(17-22)29-23-13-5-2-6-14-23;1-3-9-19(10-4-1)25-17-22(29-21-12-5-2-6-13-21)18-26-24-16-15-20-11-7-8-14-23(20)27(24)30-28(25)26;2*1-2-9-17(10-3-1)23-20-12-6-11-18-19-13-15-7-4-5-8-16(15)14-21(19)24-22(18)20;1-2-7-16(8-3-1)23-17-11-13-21-20(14-17)19-12-10-15-6-4-5-9-18(15)22(19)24-21;1-3-5-7-8-6-4-2;1-3-4-2;/h2*1-18,29H;1-14,23H;1-14H;1-14,23H;3-8H2,1-2H3;1,3-4H2,2H3;/q;;;-1;;;;+1. The summed E-state index contributed by atoms with van der Waals surface area (Å²) in [4.78, 5) is 0. The summed E-state index contributed by atoms with van der Waals surface area (Å²) in [6.45, 7) is 6.79. The predicted octanol–water partition coefficient (Wildman–Crippen LogP) is 40.3. The number of nitrogens with one attached hydrogen (secondary N) is 4. The van der Waals surface area contributed by atoms with Crippen molar-refractivity contribution in [3.8, 4) is 22.3 Å². The zero-order chi connectivity index (χ0) is 97.6. The van der Waals surface area contributed by atoms with E-state index < -0.39 is 21.4 Å². The Morgan fingerprint density at radius 3 is 1.10 bits per heavy atom. The van der Waals surface area contributed by atoms with Crippen LogP contribution >= 0.6 is 0 Å². The van der Waals surface area contributed by atoms with Crippen molar-refractivity contribution < 1.29 is 22.1 Å². The van der Waals surface area contributed by atoms with Crippen LogP contribution in [0.1, 0.15) is 72.1 Å². The second-order valence-electron chi connectivity index (χ2n) is 36.8. The summed E-state index contributed by atoms with van der Waals surface area (Å²) in [5, 5.41) is 37.5. The van der Waals surface area contributed by atoms with E-state index in [9.17, 15) is 0 Å². The van der Waals surface area contributed by atoms with E-state index >= 15 is 0 Å². The van der Waals surface area contributed by atoms with Crippen molar-refractivity contribution in [2.45, 2.75) is 76.6 Å². The first kappa shape index (κ1) is 92.9. The SMILES string of the molecule is CCCCCCCC.CCC[CH2][Sn][N](c1ccccc1)c1cccc2c1oc1cc3ccccc3cc12.c1ccc(Nc2cc(-c3ccccc3)c3oc4c5ccccc5ccc4c3c2)cc1.c1ccc(Nc2cc(-c3ccccc3)cc3c2oc2cc4ccccc4cc23)cc1.c1ccc(Nc2ccc3oc4c5ccccc5ccc4c3c2)cc1.c1ccc(Nc2cccc3c2oc2cc4ccccc4cc23)cc1. The molecule has 0 fully saturated rings. The van der Waals surface area contributed by atoms with Crippen molar-refractivity contribution in [2.24, 2.45) is 0 Å². The summed E-state index contributed by atoms with van der Waals surface area (Å²) in [7, 11) is 0. The van der Waals surface area contributed by atoms with Crippen molar-refractivity contribution in [3.05, 3.63) is 473 Å². The van der Waals surface area contributed by atoms with E-state index in [1.165, 1.54) is 127 Å². The van der Waals surface area contributed by atoms with Crippen LogP contribution in [-0.4, -0.2) is 21.4 Å². The average Bonchev–Trinajstić information content (AvgIpc) is 1.51. The molecule has 10 nitrogen and oxygen atoms in total. The largest absolute Gasteiger partial charge is 0.455 e. The van der Waals surface area contributed by atoms with Gasteiger partial charge in [-0.3, -0.25) is 0 Å². The minimum atomic E-state index is -0.795. The fourth-order valence-electron chi connectivity index (χ4n) is 19.6. The van der Waals surface area contributed by atoms with Crippen LogP contribution in [0.4, 0.5) is 56.9 Å². The van der Waals surface area contributed by atoms with Crippen LogP contribution in [0, 0.1) is 0 Å². The molecule has 4 N–H and O–H groups in total. The Bertz CT molecular complexity index is 9180. The monoisotopic (exact) mass is 1990 g/mol. The van der Waals surface area contributed by atoms with Crippen LogP contribution in [0.3, 0.4) is 0 Å². The van der Waals surface area contributed by atoms with E-state index in [0.29, 0.717) is 0 Å². The fourth-order valence-corrected chi connectivity index (χ4v) is 23.7. The van der Waals surface area contributed by atoms with Crippen molar-refractivity contribution in [1.29, 1.82) is 0 Å². The van der Waals surface area contributed by atoms with E-state index in [1.807, 2.05) is 91.0 Å². The zero-order valence-electron chi connectivity index (χ0n) is 81.4. The second-order valence-corrected chi connectivity index (χ2v) is 40.4. The third-order valence-electron chi connectivity index (χ3n) is 26.9. The summed E-state index contributed by atoms with van der Waals surface area (Å²) in [6.07, 6.45) is 11.0. The van der Waals surface area contributed by atoms with Gasteiger partial charge in [0, 0.05) is 93.6 Å². The number of unbranched alkanes of at least 4 members (excludes halogenated alkanes) is 6. The average molecular weight is 1990 g/mol. The molecule has 0 saturated carbocycles. The molecule has 22 aromatic carbocycles. The van der Waals surface area contributed by atoms with Gasteiger partial charge in [-0.25, -0.2) is 0 Å². The third kappa shape index (κ3) is 20.5. The quantitative estimate of drug-likeness (QED) is 0.0409. The molecule has 0 aliphatic heterocycles. The molecular formula is C134H109N5O5Sn. The van der Waals surface area contributed by atoms with Crippen LogP contribution in [0.2, 0.25) is 4.44 Å². The van der Waals surface area contributed by atoms with Gasteiger partial charge >= 0.3 is 182 Å². The topological polar surface area (TPSA) is 117 Å². The molecule has 0 spiro atoms. The number of furan rings is 5. The molecule has 0 aliphatic carbocycles. The molecule has 0 saturated heterocycles. The molecule has 0 aliphatic rings. The van der Waals surface area contributed by atoms with Crippen LogP contribution in [0.15, 0.2) is 495 Å². The predicted molar refractivity (Wildman–Crippen MR) is 619 cm³/mol. The number of nitrogens with zero attached hydrogens (tertiary/aromatic N) is 1. The maximum atomic E-state index is 6.53. The molecule has 0 amide bonds. The molecule has 2 radical (unpaired) electrons. The summed E-state index contributed by atoms with van der Waals surface area (Å²) in [5.41, 5.74) is 24.7. The summed E-state index contributed by atoms with van der Waals surface area (Å²) < 4.78 is 35.7. The molecular weight excluding hydrogens is 1880 g/mol. The van der Waals surface area contributed by atoms with E-state index in [1.54, 1.807) is 0 Å². The molecule has 0 unspecified atom stereocenters. The number of fused-ring (bicyclic) bond motifs is 22. The normalized spacial score (nSPS) is 11.3. The van der Waals surface area contributed by atoms with Gasteiger partial charge in [-0.15, -0.1) is 0 Å². The van der Waals surface area contributed by atoms with Crippen molar-refractivity contribution >= 4 is 242 Å². The Balaban J connectivity index is 0.000000102. The fraction of sp³-hybridized carbons (Fsp3) is 0.0896. The van der Waals surface area contributed by atoms with E-state index in [-0.39, 0.29) is 0 Å². The van der Waals surface area contributed by atoms with Gasteiger partial charge in [0.15, 0.2) is 11.2 Å². The molecule has 145 heavy (non-hydrogen) atoms. The van der Waals surface area contributed by atoms with Gasteiger partial charge in [0.25, 0.3) is 0 Å². The maximum absolute atomic E-state index is 6.53. The second kappa shape index (κ2) is 43.6. The first-order valence-electron chi connectivity index (χ1n) is 50.5. The van der Waals surface area contributed by atoms with Gasteiger partial charge in [0.2, 0.25) is 0 Å². The zero-order valence-corrected chi connectivity index (χ0v) is 84.2. The van der Waals surface area contributed by atoms with Crippen molar-refractivity contribution in [2.75, 3.05) is 24.4 Å². The molecule has 27 rings (SSSR count). The van der Waals surface area contributed by atoms with E-state index in [0.717, 1.165) is 172 Å². The Kier molecular flexibility index (Phi) is 27.9. The Hall–Kier alpha value is -17.1. The number of anilines is 10. The van der Waals surface area contributed by atoms with Gasteiger partial charge in [0.05, 0.1) is 11.4 Å². The minimum Gasteiger partial charge on any atom is -0.455 e. The number of hydrogen-bond acceptors (Lipinski definition) is 10. The van der Waals surface area contributed by atoms with Gasteiger partial charge in [-0.2, -0.15) is 0 Å². The number of benzene rings is 22. The van der Waals surface area contributed by atoms with Gasteiger partial charge < -0.3 is 38.9 Å². The molecule has 27 aromatic rings. The van der Waals surface area contributed by atoms with Crippen LogP contribution in [0.5, 0.6) is 0 Å². The number of rotatable bonds is 21. The van der Waals surface area contributed by atoms with Crippen molar-refractivity contribution in [1.82, 2.24) is 0 Å². The minimum absolute atomic E-state index is 0.795. The van der Waals surface area contributed by atoms with Gasteiger partial charge in [-0.05, 0) is 182 Å². The summed E-state index contributed by atoms with van der Waals surface area (Å²) >= 11 is -0.795. The third-order valence-corrected chi connectivity index (χ3v) is 30.9. The van der Waals surface area contributed by atoms with Crippen LogP contribution < -0.4 is 24.4 Å². The Morgan fingerprint density at radius 1 is 0.200 bits per heavy atom. The molecule has 0 bridgehead atoms. The molecule has 5 aromatic heterocycles. The van der Waals surface area contributed by atoms with Crippen molar-refractivity contribution in [3.63, 3.8) is 0 Å². The van der Waals surface area contributed by atoms with Gasteiger partial charge in [0.1, 0.15) is 33.5 Å².